The second kappa shape index (κ2) is 6.44. The maximum Gasteiger partial charge on any atom is 0.274 e. The highest BCUT2D eigenvalue weighted by Gasteiger charge is 2.21. The van der Waals surface area contributed by atoms with Gasteiger partial charge in [-0.3, -0.25) is 14.7 Å². The Labute approximate surface area is 133 Å². The van der Waals surface area contributed by atoms with E-state index in [1.54, 1.807) is 33.9 Å². The van der Waals surface area contributed by atoms with Crippen molar-refractivity contribution in [1.29, 1.82) is 5.26 Å². The number of nitrogens with one attached hydrogen (secondary N) is 1. The van der Waals surface area contributed by atoms with E-state index in [0.29, 0.717) is 0 Å². The topological polar surface area (TPSA) is 108 Å². The van der Waals surface area contributed by atoms with Crippen LogP contribution in [-0.4, -0.2) is 43.6 Å². The van der Waals surface area contributed by atoms with Gasteiger partial charge in [0.1, 0.15) is 5.69 Å². The molecule has 0 bridgehead atoms. The minimum atomic E-state index is -0.417. The van der Waals surface area contributed by atoms with Crippen LogP contribution in [0.25, 0.3) is 5.95 Å². The number of amides is 1. The molecule has 1 N–H and O–H groups in total. The maximum absolute atomic E-state index is 12.4. The fourth-order valence-electron chi connectivity index (χ4n) is 2.12. The molecule has 1 amide bonds. The summed E-state index contributed by atoms with van der Waals surface area (Å²) in [7, 11) is 1.59. The highest BCUT2D eigenvalue weighted by molar-refractivity contribution is 5.92. The zero-order valence-corrected chi connectivity index (χ0v) is 13.5. The molecule has 0 aromatic carbocycles. The molecule has 2 aromatic rings. The molecule has 0 saturated heterocycles. The monoisotopic (exact) mass is 314 g/mol. The second-order valence-corrected chi connectivity index (χ2v) is 5.42. The molecular formula is C15H18N6O2. The fraction of sp³-hybridized carbons (Fsp3) is 0.400. The summed E-state index contributed by atoms with van der Waals surface area (Å²) in [4.78, 5) is 34.3. The zero-order chi connectivity index (χ0) is 17.1. The van der Waals surface area contributed by atoms with Gasteiger partial charge in [-0.05, 0) is 26.8 Å². The van der Waals surface area contributed by atoms with Crippen LogP contribution in [0.1, 0.15) is 35.2 Å². The van der Waals surface area contributed by atoms with E-state index in [4.69, 9.17) is 5.26 Å². The van der Waals surface area contributed by atoms with Gasteiger partial charge in [-0.25, -0.2) is 9.97 Å². The van der Waals surface area contributed by atoms with Crippen molar-refractivity contribution in [3.05, 3.63) is 39.6 Å². The van der Waals surface area contributed by atoms with E-state index in [0.717, 1.165) is 16.1 Å². The molecule has 0 aliphatic rings. The first kappa shape index (κ1) is 16.4. The van der Waals surface area contributed by atoms with Gasteiger partial charge in [0.2, 0.25) is 0 Å². The minimum Gasteiger partial charge on any atom is -0.337 e. The minimum absolute atomic E-state index is 0.130. The average Bonchev–Trinajstić information content (AvgIpc) is 2.87. The first-order chi connectivity index (χ1) is 10.8. The van der Waals surface area contributed by atoms with E-state index < -0.39 is 5.56 Å². The Hall–Kier alpha value is -2.95. The SMILES string of the molecule is Cc1cc(C)nc(-n2[nH]c(C(=O)N(C)C(C)CC#N)cc2=O)n1. The summed E-state index contributed by atoms with van der Waals surface area (Å²) in [6.45, 7) is 5.37. The molecule has 0 aliphatic heterocycles. The van der Waals surface area contributed by atoms with Crippen LogP contribution in [0, 0.1) is 25.2 Å². The predicted octanol–water partition coefficient (Wildman–Crippen LogP) is 0.947. The van der Waals surface area contributed by atoms with Crippen LogP contribution in [-0.2, 0) is 0 Å². The Morgan fingerprint density at radius 2 is 2.00 bits per heavy atom. The average molecular weight is 314 g/mol. The van der Waals surface area contributed by atoms with Crippen molar-refractivity contribution in [3.63, 3.8) is 0 Å². The van der Waals surface area contributed by atoms with Crippen LogP contribution in [0.15, 0.2) is 16.9 Å². The second-order valence-electron chi connectivity index (χ2n) is 5.42. The van der Waals surface area contributed by atoms with Crippen molar-refractivity contribution < 1.29 is 4.79 Å². The summed E-state index contributed by atoms with van der Waals surface area (Å²) < 4.78 is 1.13. The van der Waals surface area contributed by atoms with E-state index in [2.05, 4.69) is 15.1 Å². The molecule has 2 aromatic heterocycles. The van der Waals surface area contributed by atoms with Crippen LogP contribution >= 0.6 is 0 Å². The van der Waals surface area contributed by atoms with Crippen molar-refractivity contribution in [2.75, 3.05) is 7.05 Å². The Balaban J connectivity index is 2.36. The van der Waals surface area contributed by atoms with E-state index in [-0.39, 0.29) is 30.0 Å². The van der Waals surface area contributed by atoms with Crippen LogP contribution in [0.3, 0.4) is 0 Å². The highest BCUT2D eigenvalue weighted by atomic mass is 16.2. The molecule has 8 heteroatoms. The quantitative estimate of drug-likeness (QED) is 0.903. The molecule has 1 atom stereocenters. The van der Waals surface area contributed by atoms with Crippen LogP contribution < -0.4 is 5.56 Å². The number of aryl methyl sites for hydroxylation is 2. The van der Waals surface area contributed by atoms with E-state index >= 15 is 0 Å². The molecule has 0 saturated carbocycles. The number of H-pyrrole nitrogens is 1. The van der Waals surface area contributed by atoms with Gasteiger partial charge in [0.05, 0.1) is 12.5 Å². The van der Waals surface area contributed by atoms with Crippen molar-refractivity contribution in [3.8, 4) is 12.0 Å². The summed E-state index contributed by atoms with van der Waals surface area (Å²) >= 11 is 0. The number of hydrogen-bond donors (Lipinski definition) is 1. The third-order valence-corrected chi connectivity index (χ3v) is 3.49. The fourth-order valence-corrected chi connectivity index (χ4v) is 2.12. The molecule has 0 radical (unpaired) electrons. The van der Waals surface area contributed by atoms with Gasteiger partial charge in [-0.15, -0.1) is 0 Å². The smallest absolute Gasteiger partial charge is 0.274 e. The van der Waals surface area contributed by atoms with Crippen LogP contribution in [0.5, 0.6) is 0 Å². The predicted molar refractivity (Wildman–Crippen MR) is 83.2 cm³/mol. The third-order valence-electron chi connectivity index (χ3n) is 3.49. The van der Waals surface area contributed by atoms with E-state index in [9.17, 15) is 9.59 Å². The number of nitriles is 1. The summed E-state index contributed by atoms with van der Waals surface area (Å²) in [5.74, 6) is -0.174. The molecule has 8 nitrogen and oxygen atoms in total. The molecular weight excluding hydrogens is 296 g/mol. The Bertz CT molecular complexity index is 809. The summed E-state index contributed by atoms with van der Waals surface area (Å²) in [5.41, 5.74) is 1.16. The molecule has 120 valence electrons. The number of carbonyl (C=O) groups is 1. The lowest BCUT2D eigenvalue weighted by molar-refractivity contribution is 0.0740. The number of nitrogens with zero attached hydrogens (tertiary/aromatic N) is 5. The molecule has 23 heavy (non-hydrogen) atoms. The molecule has 0 fully saturated rings. The lowest BCUT2D eigenvalue weighted by Crippen LogP contribution is -2.35. The van der Waals surface area contributed by atoms with Gasteiger partial charge in [0.25, 0.3) is 17.4 Å². The first-order valence-corrected chi connectivity index (χ1v) is 7.12. The third kappa shape index (κ3) is 3.45. The van der Waals surface area contributed by atoms with Gasteiger partial charge in [-0.2, -0.15) is 9.94 Å². The van der Waals surface area contributed by atoms with E-state index in [1.807, 2.05) is 6.07 Å². The van der Waals surface area contributed by atoms with Crippen LogP contribution in [0.4, 0.5) is 0 Å². The van der Waals surface area contributed by atoms with Crippen LogP contribution in [0.2, 0.25) is 0 Å². The zero-order valence-electron chi connectivity index (χ0n) is 13.5. The van der Waals surface area contributed by atoms with Gasteiger partial charge >= 0.3 is 0 Å². The van der Waals surface area contributed by atoms with Crippen molar-refractivity contribution in [2.24, 2.45) is 0 Å². The number of aromatic amines is 1. The number of aromatic nitrogens is 4. The van der Waals surface area contributed by atoms with Crippen molar-refractivity contribution >= 4 is 5.91 Å². The number of carbonyl (C=O) groups excluding carboxylic acids is 1. The number of hydrogen-bond acceptors (Lipinski definition) is 5. The lowest BCUT2D eigenvalue weighted by Gasteiger charge is -2.21. The van der Waals surface area contributed by atoms with Gasteiger partial charge in [0.15, 0.2) is 0 Å². The Morgan fingerprint density at radius 1 is 1.39 bits per heavy atom. The number of rotatable bonds is 4. The maximum atomic E-state index is 12.4. The Morgan fingerprint density at radius 3 is 2.57 bits per heavy atom. The summed E-state index contributed by atoms with van der Waals surface area (Å²) in [6.07, 6.45) is 0.216. The molecule has 2 heterocycles. The first-order valence-electron chi connectivity index (χ1n) is 7.12. The van der Waals surface area contributed by atoms with Gasteiger partial charge in [0, 0.05) is 30.5 Å². The largest absolute Gasteiger partial charge is 0.337 e. The Kier molecular flexibility index (Phi) is 4.60. The van der Waals surface area contributed by atoms with Gasteiger partial charge < -0.3 is 4.90 Å². The van der Waals surface area contributed by atoms with Crippen molar-refractivity contribution in [2.45, 2.75) is 33.2 Å². The molecule has 2 rings (SSSR count). The summed E-state index contributed by atoms with van der Waals surface area (Å²) in [5, 5.41) is 11.5. The molecule has 0 spiro atoms. The van der Waals surface area contributed by atoms with Crippen molar-refractivity contribution in [1.82, 2.24) is 24.6 Å². The lowest BCUT2D eigenvalue weighted by atomic mass is 10.2. The molecule has 1 unspecified atom stereocenters. The highest BCUT2D eigenvalue weighted by Crippen LogP contribution is 2.07. The molecule has 0 aliphatic carbocycles. The standard InChI is InChI=1S/C15H18N6O2/c1-9-7-10(2)18-15(17-9)21-13(22)8-12(19-21)14(23)20(4)11(3)5-6-16/h7-8,11,19H,5H2,1-4H3. The normalized spacial score (nSPS) is 11.8. The van der Waals surface area contributed by atoms with E-state index in [1.165, 1.54) is 11.0 Å². The van der Waals surface area contributed by atoms with Gasteiger partial charge in [-0.1, -0.05) is 0 Å². The summed E-state index contributed by atoms with van der Waals surface area (Å²) in [6, 6.07) is 4.77.